The summed E-state index contributed by atoms with van der Waals surface area (Å²) in [5, 5.41) is 36.7. The number of hydrogen-bond acceptors (Lipinski definition) is 4. The van der Waals surface area contributed by atoms with Crippen LogP contribution in [0.15, 0.2) is 18.2 Å². The summed E-state index contributed by atoms with van der Waals surface area (Å²) >= 11 is 0. The van der Waals surface area contributed by atoms with Crippen LogP contribution in [0.3, 0.4) is 0 Å². The summed E-state index contributed by atoms with van der Waals surface area (Å²) < 4.78 is 0. The Morgan fingerprint density at radius 2 is 1.53 bits per heavy atom. The molecule has 1 aromatic rings. The molecule has 4 N–H and O–H groups in total. The van der Waals surface area contributed by atoms with Crippen LogP contribution in [0.2, 0.25) is 0 Å². The molecule has 0 aromatic heterocycles. The molecule has 3 aliphatic carbocycles. The lowest BCUT2D eigenvalue weighted by Gasteiger charge is -2.50. The van der Waals surface area contributed by atoms with Crippen LogP contribution in [0.4, 0.5) is 0 Å². The molecule has 0 radical (unpaired) electrons. The minimum atomic E-state index is -0.740. The zero-order chi connectivity index (χ0) is 24.7. The van der Waals surface area contributed by atoms with Gasteiger partial charge in [-0.15, -0.1) is 0 Å². The number of aliphatic carboxylic acids is 2. The molecule has 2 saturated carbocycles. The lowest BCUT2D eigenvalue weighted by molar-refractivity contribution is -0.138. The lowest BCUT2D eigenvalue weighted by atomic mass is 9.55. The predicted molar refractivity (Wildman–Crippen MR) is 131 cm³/mol. The van der Waals surface area contributed by atoms with Crippen LogP contribution in [0.1, 0.15) is 107 Å². The molecule has 2 fully saturated rings. The normalized spacial score (nSPS) is 29.2. The molecule has 0 saturated heterocycles. The second-order valence-corrected chi connectivity index (χ2v) is 10.8. The zero-order valence-electron chi connectivity index (χ0n) is 20.5. The highest BCUT2D eigenvalue weighted by Crippen LogP contribution is 2.60. The molecule has 3 aliphatic rings. The SMILES string of the molecule is C[C@]12CC[C@@H]3c4ccc(O)cc4CC[C@H]3[C@@H]1CC[C@@H]2O.O=C(O)CCCCCCCCC(=O)O. The van der Waals surface area contributed by atoms with Gasteiger partial charge in [0.1, 0.15) is 5.75 Å². The summed E-state index contributed by atoms with van der Waals surface area (Å²) in [4.78, 5) is 20.3. The number of carboxylic acids is 2. The van der Waals surface area contributed by atoms with Crippen molar-refractivity contribution in [2.45, 2.75) is 109 Å². The van der Waals surface area contributed by atoms with Gasteiger partial charge in [0.15, 0.2) is 0 Å². The van der Waals surface area contributed by atoms with E-state index in [1.54, 1.807) is 0 Å². The predicted octanol–water partition coefficient (Wildman–Crippen LogP) is 5.89. The number of phenols is 1. The highest BCUT2D eigenvalue weighted by molar-refractivity contribution is 5.66. The second-order valence-electron chi connectivity index (χ2n) is 10.8. The van der Waals surface area contributed by atoms with E-state index in [1.165, 1.54) is 30.4 Å². The first-order valence-corrected chi connectivity index (χ1v) is 13.2. The molecule has 0 amide bonds. The molecule has 6 heteroatoms. The third kappa shape index (κ3) is 6.53. The number of rotatable bonds is 9. The van der Waals surface area contributed by atoms with Crippen LogP contribution in [0.5, 0.6) is 5.75 Å². The zero-order valence-corrected chi connectivity index (χ0v) is 20.5. The number of phenolic OH excluding ortho intramolecular Hbond substituents is 1. The summed E-state index contributed by atoms with van der Waals surface area (Å²) in [6.45, 7) is 2.32. The Hall–Kier alpha value is -2.08. The van der Waals surface area contributed by atoms with Crippen molar-refractivity contribution < 1.29 is 30.0 Å². The lowest BCUT2D eigenvalue weighted by Crippen LogP contribution is -2.43. The Morgan fingerprint density at radius 3 is 2.15 bits per heavy atom. The van der Waals surface area contributed by atoms with Gasteiger partial charge in [0.2, 0.25) is 0 Å². The van der Waals surface area contributed by atoms with Crippen LogP contribution >= 0.6 is 0 Å². The van der Waals surface area contributed by atoms with Crippen molar-refractivity contribution in [1.29, 1.82) is 0 Å². The van der Waals surface area contributed by atoms with Gasteiger partial charge in [-0.3, -0.25) is 9.59 Å². The fraction of sp³-hybridized carbons (Fsp3) is 0.714. The van der Waals surface area contributed by atoms with E-state index < -0.39 is 11.9 Å². The van der Waals surface area contributed by atoms with Crippen molar-refractivity contribution in [2.75, 3.05) is 0 Å². The number of fused-ring (bicyclic) bond motifs is 5. The fourth-order valence-corrected chi connectivity index (χ4v) is 6.80. The first-order valence-electron chi connectivity index (χ1n) is 13.2. The molecule has 0 unspecified atom stereocenters. The molecule has 6 nitrogen and oxygen atoms in total. The van der Waals surface area contributed by atoms with Crippen LogP contribution in [-0.2, 0) is 16.0 Å². The minimum absolute atomic E-state index is 0.0883. The van der Waals surface area contributed by atoms with Gasteiger partial charge in [0, 0.05) is 12.8 Å². The molecule has 0 bridgehead atoms. The number of aromatic hydroxyl groups is 1. The summed E-state index contributed by atoms with van der Waals surface area (Å²) in [6, 6.07) is 5.96. The van der Waals surface area contributed by atoms with Gasteiger partial charge in [0.25, 0.3) is 0 Å². The van der Waals surface area contributed by atoms with E-state index in [0.29, 0.717) is 17.6 Å². The number of carbonyl (C=O) groups is 2. The average molecular weight is 475 g/mol. The molecule has 0 heterocycles. The Morgan fingerprint density at radius 1 is 0.912 bits per heavy atom. The maximum absolute atomic E-state index is 10.4. The van der Waals surface area contributed by atoms with E-state index in [9.17, 15) is 19.8 Å². The van der Waals surface area contributed by atoms with Crippen molar-refractivity contribution in [3.05, 3.63) is 29.3 Å². The van der Waals surface area contributed by atoms with Gasteiger partial charge in [-0.2, -0.15) is 0 Å². The smallest absolute Gasteiger partial charge is 0.303 e. The van der Waals surface area contributed by atoms with Gasteiger partial charge in [-0.25, -0.2) is 0 Å². The first kappa shape index (κ1) is 26.5. The summed E-state index contributed by atoms with van der Waals surface area (Å²) in [7, 11) is 0. The van der Waals surface area contributed by atoms with E-state index in [-0.39, 0.29) is 24.4 Å². The Labute approximate surface area is 203 Å². The fourth-order valence-electron chi connectivity index (χ4n) is 6.80. The summed E-state index contributed by atoms with van der Waals surface area (Å²) in [6.07, 6.45) is 12.6. The van der Waals surface area contributed by atoms with Crippen LogP contribution < -0.4 is 0 Å². The standard InChI is InChI=1S/C18H24O2.C10H18O4/c1-18-9-8-14-13-5-3-12(19)10-11(13)2-4-15(14)16(18)6-7-17(18)20;11-9(12)7-5-3-1-2-4-6-8-10(13)14/h3,5,10,14-17,19-20H,2,4,6-9H2,1H3;1-8H2,(H,11,12)(H,13,14)/t14-,15-,16+,17+,18+;/m1./s1. The van der Waals surface area contributed by atoms with E-state index in [4.69, 9.17) is 10.2 Å². The van der Waals surface area contributed by atoms with Crippen molar-refractivity contribution in [1.82, 2.24) is 0 Å². The largest absolute Gasteiger partial charge is 0.508 e. The van der Waals surface area contributed by atoms with Crippen molar-refractivity contribution in [3.8, 4) is 5.75 Å². The molecule has 4 rings (SSSR count). The number of hydrogen-bond donors (Lipinski definition) is 4. The van der Waals surface area contributed by atoms with Gasteiger partial charge >= 0.3 is 11.9 Å². The number of aryl methyl sites for hydroxylation is 1. The van der Waals surface area contributed by atoms with Gasteiger partial charge in [-0.05, 0) is 97.8 Å². The van der Waals surface area contributed by atoms with Crippen molar-refractivity contribution in [3.63, 3.8) is 0 Å². The maximum Gasteiger partial charge on any atom is 0.303 e. The van der Waals surface area contributed by atoms with E-state index in [2.05, 4.69) is 13.0 Å². The Kier molecular flexibility index (Phi) is 9.40. The molecule has 34 heavy (non-hydrogen) atoms. The first-order chi connectivity index (χ1) is 16.2. The average Bonchev–Trinajstić information content (AvgIpc) is 3.10. The van der Waals surface area contributed by atoms with Crippen LogP contribution in [-0.4, -0.2) is 38.5 Å². The van der Waals surface area contributed by atoms with Crippen LogP contribution in [0.25, 0.3) is 0 Å². The Balaban J connectivity index is 0.000000206. The van der Waals surface area contributed by atoms with E-state index in [1.807, 2.05) is 12.1 Å². The molecular weight excluding hydrogens is 432 g/mol. The Bertz CT molecular complexity index is 816. The van der Waals surface area contributed by atoms with E-state index in [0.717, 1.165) is 63.7 Å². The van der Waals surface area contributed by atoms with Gasteiger partial charge < -0.3 is 20.4 Å². The topological polar surface area (TPSA) is 115 Å². The maximum atomic E-state index is 10.4. The number of benzene rings is 1. The molecule has 1 aromatic carbocycles. The van der Waals surface area contributed by atoms with E-state index >= 15 is 0 Å². The number of aliphatic hydroxyl groups is 1. The van der Waals surface area contributed by atoms with Crippen LogP contribution in [0, 0.1) is 17.3 Å². The number of carboxylic acid groups (broad SMARTS) is 2. The molecular formula is C28H42O6. The summed E-state index contributed by atoms with van der Waals surface area (Å²) in [5.41, 5.74) is 2.99. The van der Waals surface area contributed by atoms with Gasteiger partial charge in [0.05, 0.1) is 6.10 Å². The van der Waals surface area contributed by atoms with Gasteiger partial charge in [-0.1, -0.05) is 38.7 Å². The quantitative estimate of drug-likeness (QED) is 0.332. The molecule has 190 valence electrons. The molecule has 0 aliphatic heterocycles. The van der Waals surface area contributed by atoms with Crippen molar-refractivity contribution >= 4 is 11.9 Å². The highest BCUT2D eigenvalue weighted by Gasteiger charge is 2.54. The monoisotopic (exact) mass is 474 g/mol. The summed E-state index contributed by atoms with van der Waals surface area (Å²) in [5.74, 6) is 1.01. The number of aliphatic hydroxyl groups excluding tert-OH is 1. The van der Waals surface area contributed by atoms with Crippen molar-refractivity contribution in [2.24, 2.45) is 17.3 Å². The minimum Gasteiger partial charge on any atom is -0.508 e. The molecule has 5 atom stereocenters. The molecule has 0 spiro atoms. The third-order valence-corrected chi connectivity index (χ3v) is 8.69. The second kappa shape index (κ2) is 12.1. The number of unbranched alkanes of at least 4 members (excludes halogenated alkanes) is 5. The third-order valence-electron chi connectivity index (χ3n) is 8.69. The highest BCUT2D eigenvalue weighted by atomic mass is 16.4.